The lowest BCUT2D eigenvalue weighted by molar-refractivity contribution is 0.0679. The van der Waals surface area contributed by atoms with Crippen molar-refractivity contribution in [2.75, 3.05) is 0 Å². The van der Waals surface area contributed by atoms with Gasteiger partial charge in [0.1, 0.15) is 5.75 Å². The molecule has 0 aliphatic rings. The normalized spacial score (nSPS) is 9.69. The summed E-state index contributed by atoms with van der Waals surface area (Å²) < 4.78 is 4.12. The standard InChI is InChI=1S/C11H6N2O3/c12-6-16-11(15)9-5-10(14)7-3-1-2-4-8(7)13-9/h1-5H,(H,13,14). The molecule has 0 amide bonds. The van der Waals surface area contributed by atoms with Gasteiger partial charge in [-0.1, -0.05) is 12.1 Å². The van der Waals surface area contributed by atoms with Gasteiger partial charge in [0.25, 0.3) is 6.26 Å². The number of hydrogen-bond acceptors (Lipinski definition) is 5. The summed E-state index contributed by atoms with van der Waals surface area (Å²) in [7, 11) is 0. The Balaban J connectivity index is 2.59. The number of fused-ring (bicyclic) bond motifs is 1. The van der Waals surface area contributed by atoms with E-state index in [2.05, 4.69) is 9.72 Å². The summed E-state index contributed by atoms with van der Waals surface area (Å²) in [5, 5.41) is 18.4. The number of ether oxygens (including phenoxy) is 1. The number of benzene rings is 1. The molecule has 0 aliphatic heterocycles. The minimum absolute atomic E-state index is 0.0736. The average molecular weight is 214 g/mol. The maximum absolute atomic E-state index is 11.2. The van der Waals surface area contributed by atoms with E-state index >= 15 is 0 Å². The summed E-state index contributed by atoms with van der Waals surface area (Å²) in [4.78, 5) is 15.2. The topological polar surface area (TPSA) is 83.2 Å². The number of hydrogen-bond donors (Lipinski definition) is 1. The van der Waals surface area contributed by atoms with E-state index < -0.39 is 5.97 Å². The molecule has 0 saturated carbocycles. The molecule has 1 N–H and O–H groups in total. The smallest absolute Gasteiger partial charge is 0.372 e. The number of nitrogens with zero attached hydrogens (tertiary/aromatic N) is 2. The van der Waals surface area contributed by atoms with Crippen LogP contribution in [0, 0.1) is 11.5 Å². The quantitative estimate of drug-likeness (QED) is 0.575. The zero-order valence-corrected chi connectivity index (χ0v) is 8.04. The van der Waals surface area contributed by atoms with Crippen LogP contribution in [0.25, 0.3) is 10.9 Å². The van der Waals surface area contributed by atoms with Crippen molar-refractivity contribution in [1.82, 2.24) is 4.98 Å². The van der Waals surface area contributed by atoms with Crippen molar-refractivity contribution in [3.05, 3.63) is 36.0 Å². The summed E-state index contributed by atoms with van der Waals surface area (Å²) in [6, 6.07) is 7.97. The third-order valence-corrected chi connectivity index (χ3v) is 2.04. The molecule has 0 aliphatic carbocycles. The molecule has 0 spiro atoms. The Kier molecular flexibility index (Phi) is 2.40. The van der Waals surface area contributed by atoms with Crippen molar-refractivity contribution in [2.45, 2.75) is 0 Å². The lowest BCUT2D eigenvalue weighted by Gasteiger charge is -2.02. The maximum Gasteiger partial charge on any atom is 0.372 e. The molecule has 0 saturated heterocycles. The molecule has 2 rings (SSSR count). The molecule has 0 bridgehead atoms. The lowest BCUT2D eigenvalue weighted by Crippen LogP contribution is -2.03. The highest BCUT2D eigenvalue weighted by atomic mass is 16.5. The molecule has 0 unspecified atom stereocenters. The van der Waals surface area contributed by atoms with Gasteiger partial charge in [-0.15, -0.1) is 5.26 Å². The second kappa shape index (κ2) is 3.87. The van der Waals surface area contributed by atoms with Gasteiger partial charge in [-0.05, 0) is 12.1 Å². The first-order chi connectivity index (χ1) is 7.72. The van der Waals surface area contributed by atoms with Gasteiger partial charge < -0.3 is 9.84 Å². The first-order valence-corrected chi connectivity index (χ1v) is 4.41. The second-order valence-electron chi connectivity index (χ2n) is 3.02. The summed E-state index contributed by atoms with van der Waals surface area (Å²) in [6.07, 6.45) is 1.26. The molecule has 5 nitrogen and oxygen atoms in total. The SMILES string of the molecule is N#COC(=O)c1cc(O)c2ccccc2n1. The van der Waals surface area contributed by atoms with Crippen LogP contribution in [0.1, 0.15) is 10.5 Å². The minimum Gasteiger partial charge on any atom is -0.507 e. The minimum atomic E-state index is -0.886. The van der Waals surface area contributed by atoms with Crippen molar-refractivity contribution in [1.29, 1.82) is 5.26 Å². The van der Waals surface area contributed by atoms with Crippen molar-refractivity contribution in [3.63, 3.8) is 0 Å². The van der Waals surface area contributed by atoms with Crippen LogP contribution < -0.4 is 0 Å². The summed E-state index contributed by atoms with van der Waals surface area (Å²) >= 11 is 0. The van der Waals surface area contributed by atoms with Gasteiger partial charge in [-0.2, -0.15) is 0 Å². The Morgan fingerprint density at radius 3 is 2.94 bits per heavy atom. The van der Waals surface area contributed by atoms with Crippen LogP contribution in [0.15, 0.2) is 30.3 Å². The van der Waals surface area contributed by atoms with Gasteiger partial charge >= 0.3 is 5.97 Å². The molecular formula is C11H6N2O3. The molecule has 5 heteroatoms. The maximum atomic E-state index is 11.2. The fraction of sp³-hybridized carbons (Fsp3) is 0. The zero-order valence-electron chi connectivity index (χ0n) is 8.04. The largest absolute Gasteiger partial charge is 0.507 e. The van der Waals surface area contributed by atoms with E-state index in [1.807, 2.05) is 0 Å². The molecule has 0 atom stereocenters. The van der Waals surface area contributed by atoms with Crippen molar-refractivity contribution < 1.29 is 14.6 Å². The number of pyridine rings is 1. The Morgan fingerprint density at radius 2 is 2.19 bits per heavy atom. The first-order valence-electron chi connectivity index (χ1n) is 4.41. The Labute approximate surface area is 90.5 Å². The molecule has 16 heavy (non-hydrogen) atoms. The van der Waals surface area contributed by atoms with Crippen molar-refractivity contribution in [3.8, 4) is 12.0 Å². The first kappa shape index (κ1) is 9.93. The van der Waals surface area contributed by atoms with E-state index in [9.17, 15) is 9.90 Å². The van der Waals surface area contributed by atoms with Crippen LogP contribution in [-0.2, 0) is 4.74 Å². The highest BCUT2D eigenvalue weighted by Crippen LogP contribution is 2.23. The third kappa shape index (κ3) is 1.64. The molecule has 78 valence electrons. The van der Waals surface area contributed by atoms with Gasteiger partial charge in [0.05, 0.1) is 5.52 Å². The van der Waals surface area contributed by atoms with E-state index in [1.54, 1.807) is 24.3 Å². The van der Waals surface area contributed by atoms with Crippen LogP contribution >= 0.6 is 0 Å². The van der Waals surface area contributed by atoms with Gasteiger partial charge in [0.15, 0.2) is 5.69 Å². The van der Waals surface area contributed by atoms with E-state index in [0.29, 0.717) is 10.9 Å². The van der Waals surface area contributed by atoms with E-state index in [0.717, 1.165) is 0 Å². The predicted molar refractivity (Wildman–Crippen MR) is 54.4 cm³/mol. The highest BCUT2D eigenvalue weighted by Gasteiger charge is 2.12. The van der Waals surface area contributed by atoms with Gasteiger partial charge in [-0.25, -0.2) is 9.78 Å². The molecular weight excluding hydrogens is 208 g/mol. The molecule has 1 aromatic carbocycles. The van der Waals surface area contributed by atoms with Gasteiger partial charge in [0, 0.05) is 11.5 Å². The van der Waals surface area contributed by atoms with Crippen molar-refractivity contribution in [2.24, 2.45) is 0 Å². The van der Waals surface area contributed by atoms with Crippen LogP contribution in [-0.4, -0.2) is 16.1 Å². The number of aromatic hydroxyl groups is 1. The Hall–Kier alpha value is -2.61. The summed E-state index contributed by atoms with van der Waals surface area (Å²) in [6.45, 7) is 0. The second-order valence-corrected chi connectivity index (χ2v) is 3.02. The number of para-hydroxylation sites is 1. The molecule has 0 fully saturated rings. The molecule has 1 aromatic heterocycles. The van der Waals surface area contributed by atoms with Crippen LogP contribution in [0.2, 0.25) is 0 Å². The fourth-order valence-electron chi connectivity index (χ4n) is 1.36. The predicted octanol–water partition coefficient (Wildman–Crippen LogP) is 1.58. The van der Waals surface area contributed by atoms with E-state index in [1.165, 1.54) is 12.3 Å². The zero-order chi connectivity index (χ0) is 11.5. The average Bonchev–Trinajstić information content (AvgIpc) is 2.29. The number of aromatic nitrogens is 1. The van der Waals surface area contributed by atoms with Crippen LogP contribution in [0.5, 0.6) is 5.75 Å². The Morgan fingerprint density at radius 1 is 1.44 bits per heavy atom. The summed E-state index contributed by atoms with van der Waals surface area (Å²) in [5.41, 5.74) is 0.366. The number of carbonyl (C=O) groups is 1. The fourth-order valence-corrected chi connectivity index (χ4v) is 1.36. The van der Waals surface area contributed by atoms with E-state index in [4.69, 9.17) is 5.26 Å². The van der Waals surface area contributed by atoms with E-state index in [-0.39, 0.29) is 11.4 Å². The van der Waals surface area contributed by atoms with Crippen LogP contribution in [0.3, 0.4) is 0 Å². The lowest BCUT2D eigenvalue weighted by atomic mass is 10.2. The molecule has 1 heterocycles. The number of esters is 1. The van der Waals surface area contributed by atoms with Crippen LogP contribution in [0.4, 0.5) is 0 Å². The molecule has 0 radical (unpaired) electrons. The number of carbonyl (C=O) groups excluding carboxylic acids is 1. The Bertz CT molecular complexity index is 602. The van der Waals surface area contributed by atoms with Crippen molar-refractivity contribution >= 4 is 16.9 Å². The molecule has 2 aromatic rings. The number of rotatable bonds is 1. The summed E-state index contributed by atoms with van der Waals surface area (Å²) in [5.74, 6) is -0.959. The van der Waals surface area contributed by atoms with Gasteiger partial charge in [-0.3, -0.25) is 0 Å². The third-order valence-electron chi connectivity index (χ3n) is 2.04. The number of nitriles is 1. The monoisotopic (exact) mass is 214 g/mol. The van der Waals surface area contributed by atoms with Gasteiger partial charge in [0.2, 0.25) is 0 Å². The highest BCUT2D eigenvalue weighted by molar-refractivity contribution is 5.94.